The Morgan fingerprint density at radius 2 is 2.32 bits per heavy atom. The van der Waals surface area contributed by atoms with Crippen LogP contribution in [0.3, 0.4) is 0 Å². The fourth-order valence-corrected chi connectivity index (χ4v) is 3.55. The van der Waals surface area contributed by atoms with Gasteiger partial charge in [-0.15, -0.1) is 0 Å². The topological polar surface area (TPSA) is 15.3 Å². The van der Waals surface area contributed by atoms with E-state index in [0.29, 0.717) is 6.04 Å². The summed E-state index contributed by atoms with van der Waals surface area (Å²) in [6, 6.07) is 6.51. The first kappa shape index (κ1) is 15.3. The van der Waals surface area contributed by atoms with E-state index in [0.717, 1.165) is 28.5 Å². The van der Waals surface area contributed by atoms with Crippen LogP contribution in [0.2, 0.25) is 5.02 Å². The smallest absolute Gasteiger partial charge is 0.0464 e. The van der Waals surface area contributed by atoms with Gasteiger partial charge in [0.05, 0.1) is 0 Å². The van der Waals surface area contributed by atoms with Crippen LogP contribution in [0.25, 0.3) is 0 Å². The molecule has 0 aromatic heterocycles. The molecular weight excluding hydrogens is 324 g/mol. The number of nitrogens with zero attached hydrogens (tertiary/aromatic N) is 1. The highest BCUT2D eigenvalue weighted by Gasteiger charge is 2.20. The summed E-state index contributed by atoms with van der Waals surface area (Å²) in [6.07, 6.45) is 2.63. The number of hydrogen-bond donors (Lipinski definition) is 1. The van der Waals surface area contributed by atoms with E-state index >= 15 is 0 Å². The zero-order valence-electron chi connectivity index (χ0n) is 11.6. The average Bonchev–Trinajstić information content (AvgIpc) is 2.39. The van der Waals surface area contributed by atoms with Crippen molar-refractivity contribution in [2.45, 2.75) is 25.8 Å². The summed E-state index contributed by atoms with van der Waals surface area (Å²) in [5.41, 5.74) is 1.20. The zero-order valence-corrected chi connectivity index (χ0v) is 14.0. The van der Waals surface area contributed by atoms with Crippen LogP contribution in [0.1, 0.15) is 31.4 Å². The highest BCUT2D eigenvalue weighted by Crippen LogP contribution is 2.29. The monoisotopic (exact) mass is 344 g/mol. The predicted molar refractivity (Wildman–Crippen MR) is 85.8 cm³/mol. The number of nitrogens with one attached hydrogen (secondary N) is 1. The molecule has 0 amide bonds. The van der Waals surface area contributed by atoms with Crippen molar-refractivity contribution >= 4 is 27.5 Å². The Balaban J connectivity index is 1.99. The molecular formula is C15H22BrClN2. The SMILES string of the molecule is CC(c1ccc(Br)cc1Cl)N(C)CC1CCCNC1. The molecule has 0 aliphatic carbocycles. The van der Waals surface area contributed by atoms with E-state index in [1.54, 1.807) is 0 Å². The molecule has 2 rings (SSSR count). The van der Waals surface area contributed by atoms with Crippen LogP contribution in [0.4, 0.5) is 0 Å². The first-order valence-corrected chi connectivity index (χ1v) is 8.11. The van der Waals surface area contributed by atoms with Crippen molar-refractivity contribution in [1.82, 2.24) is 10.2 Å². The Labute approximate surface area is 129 Å². The second-order valence-electron chi connectivity index (χ2n) is 5.49. The summed E-state index contributed by atoms with van der Waals surface area (Å²) in [4.78, 5) is 2.41. The molecule has 1 heterocycles. The Morgan fingerprint density at radius 3 is 2.95 bits per heavy atom. The largest absolute Gasteiger partial charge is 0.316 e. The number of benzene rings is 1. The van der Waals surface area contributed by atoms with Gasteiger partial charge in [0.1, 0.15) is 0 Å². The van der Waals surface area contributed by atoms with Gasteiger partial charge in [-0.05, 0) is 63.5 Å². The maximum Gasteiger partial charge on any atom is 0.0464 e. The lowest BCUT2D eigenvalue weighted by Gasteiger charge is -2.32. The molecule has 1 aromatic carbocycles. The molecule has 1 N–H and O–H groups in total. The molecule has 1 fully saturated rings. The summed E-state index contributed by atoms with van der Waals surface area (Å²) in [6.45, 7) is 5.67. The summed E-state index contributed by atoms with van der Waals surface area (Å²) in [5.74, 6) is 0.760. The van der Waals surface area contributed by atoms with Crippen LogP contribution in [0, 0.1) is 5.92 Å². The van der Waals surface area contributed by atoms with Crippen LogP contribution in [0.15, 0.2) is 22.7 Å². The van der Waals surface area contributed by atoms with Crippen LogP contribution >= 0.6 is 27.5 Å². The molecule has 1 aromatic rings. The van der Waals surface area contributed by atoms with Crippen molar-refractivity contribution in [3.05, 3.63) is 33.3 Å². The summed E-state index contributed by atoms with van der Waals surface area (Å²) < 4.78 is 1.03. The quantitative estimate of drug-likeness (QED) is 0.884. The second-order valence-corrected chi connectivity index (χ2v) is 6.82. The van der Waals surface area contributed by atoms with Gasteiger partial charge in [0, 0.05) is 22.1 Å². The van der Waals surface area contributed by atoms with Crippen LogP contribution in [-0.4, -0.2) is 31.6 Å². The van der Waals surface area contributed by atoms with Crippen LogP contribution in [0.5, 0.6) is 0 Å². The van der Waals surface area contributed by atoms with Gasteiger partial charge in [-0.2, -0.15) is 0 Å². The fourth-order valence-electron chi connectivity index (χ4n) is 2.72. The van der Waals surface area contributed by atoms with Gasteiger partial charge >= 0.3 is 0 Å². The van der Waals surface area contributed by atoms with Gasteiger partial charge in [-0.25, -0.2) is 0 Å². The molecule has 2 unspecified atom stereocenters. The first-order chi connectivity index (χ1) is 9.08. The molecule has 106 valence electrons. The molecule has 2 atom stereocenters. The van der Waals surface area contributed by atoms with Crippen molar-refractivity contribution in [2.24, 2.45) is 5.92 Å². The summed E-state index contributed by atoms with van der Waals surface area (Å²) in [5, 5.41) is 4.32. The molecule has 0 saturated carbocycles. The van der Waals surface area contributed by atoms with Gasteiger partial charge in [-0.3, -0.25) is 4.90 Å². The lowest BCUT2D eigenvalue weighted by molar-refractivity contribution is 0.199. The molecule has 0 bridgehead atoms. The molecule has 2 nitrogen and oxygen atoms in total. The van der Waals surface area contributed by atoms with Crippen molar-refractivity contribution < 1.29 is 0 Å². The Hall–Kier alpha value is -0.0900. The van der Waals surface area contributed by atoms with E-state index in [1.165, 1.54) is 24.9 Å². The molecule has 0 radical (unpaired) electrons. The Morgan fingerprint density at radius 1 is 1.53 bits per heavy atom. The van der Waals surface area contributed by atoms with E-state index in [9.17, 15) is 0 Å². The predicted octanol–water partition coefficient (Wildman–Crippen LogP) is 4.09. The molecule has 1 saturated heterocycles. The third-order valence-electron chi connectivity index (χ3n) is 4.02. The fraction of sp³-hybridized carbons (Fsp3) is 0.600. The molecule has 1 aliphatic heterocycles. The minimum Gasteiger partial charge on any atom is -0.316 e. The standard InChI is InChI=1S/C15H22BrClN2/c1-11(14-6-5-13(16)8-15(14)17)19(2)10-12-4-3-7-18-9-12/h5-6,8,11-12,18H,3-4,7,9-10H2,1-2H3. The molecule has 4 heteroatoms. The van der Waals surface area contributed by atoms with Gasteiger partial charge in [0.2, 0.25) is 0 Å². The zero-order chi connectivity index (χ0) is 13.8. The molecule has 0 spiro atoms. The van der Waals surface area contributed by atoms with E-state index in [2.05, 4.69) is 52.3 Å². The highest BCUT2D eigenvalue weighted by atomic mass is 79.9. The van der Waals surface area contributed by atoms with Gasteiger partial charge in [0.15, 0.2) is 0 Å². The summed E-state index contributed by atoms with van der Waals surface area (Å²) in [7, 11) is 2.19. The number of rotatable bonds is 4. The second kappa shape index (κ2) is 7.07. The van der Waals surface area contributed by atoms with E-state index in [4.69, 9.17) is 11.6 Å². The normalized spacial score (nSPS) is 21.6. The first-order valence-electron chi connectivity index (χ1n) is 6.94. The minimum absolute atomic E-state index is 0.350. The average molecular weight is 346 g/mol. The van der Waals surface area contributed by atoms with Crippen LogP contribution in [-0.2, 0) is 0 Å². The minimum atomic E-state index is 0.350. The van der Waals surface area contributed by atoms with Gasteiger partial charge in [0.25, 0.3) is 0 Å². The van der Waals surface area contributed by atoms with Crippen molar-refractivity contribution in [1.29, 1.82) is 0 Å². The van der Waals surface area contributed by atoms with Crippen molar-refractivity contribution in [3.63, 3.8) is 0 Å². The molecule has 19 heavy (non-hydrogen) atoms. The van der Waals surface area contributed by atoms with E-state index in [-0.39, 0.29) is 0 Å². The maximum absolute atomic E-state index is 6.34. The lowest BCUT2D eigenvalue weighted by Crippen LogP contribution is -2.37. The number of hydrogen-bond acceptors (Lipinski definition) is 2. The third kappa shape index (κ3) is 4.19. The van der Waals surface area contributed by atoms with Gasteiger partial charge in [-0.1, -0.05) is 33.6 Å². The maximum atomic E-state index is 6.34. The van der Waals surface area contributed by atoms with Crippen LogP contribution < -0.4 is 5.32 Å². The van der Waals surface area contributed by atoms with E-state index in [1.807, 2.05) is 6.07 Å². The van der Waals surface area contributed by atoms with E-state index < -0.39 is 0 Å². The summed E-state index contributed by atoms with van der Waals surface area (Å²) >= 11 is 9.80. The third-order valence-corrected chi connectivity index (χ3v) is 4.84. The Kier molecular flexibility index (Phi) is 5.70. The number of piperidine rings is 1. The van der Waals surface area contributed by atoms with Gasteiger partial charge < -0.3 is 5.32 Å². The number of halogens is 2. The Bertz CT molecular complexity index is 419. The highest BCUT2D eigenvalue weighted by molar-refractivity contribution is 9.10. The molecule has 1 aliphatic rings. The van der Waals surface area contributed by atoms with Crippen molar-refractivity contribution in [2.75, 3.05) is 26.7 Å². The lowest BCUT2D eigenvalue weighted by atomic mass is 9.98. The van der Waals surface area contributed by atoms with Crippen molar-refractivity contribution in [3.8, 4) is 0 Å².